The molecule has 0 heterocycles. The molecule has 0 aliphatic rings. The number of halogens is 1. The minimum Gasteiger partial charge on any atom is -0.497 e. The highest BCUT2D eigenvalue weighted by Crippen LogP contribution is 2.21. The Morgan fingerprint density at radius 1 is 1.18 bits per heavy atom. The second-order valence-electron chi connectivity index (χ2n) is 5.90. The van der Waals surface area contributed by atoms with Crippen LogP contribution in [0.25, 0.3) is 0 Å². The number of hydrogen-bond acceptors (Lipinski definition) is 5. The summed E-state index contributed by atoms with van der Waals surface area (Å²) in [7, 11) is 1.62. The van der Waals surface area contributed by atoms with E-state index in [-0.39, 0.29) is 18.2 Å². The summed E-state index contributed by atoms with van der Waals surface area (Å²) in [4.78, 5) is 11.9. The third kappa shape index (κ3) is 6.58. The molecule has 0 saturated carbocycles. The molecule has 28 heavy (non-hydrogen) atoms. The second kappa shape index (κ2) is 10.7. The van der Waals surface area contributed by atoms with Crippen molar-refractivity contribution in [3.8, 4) is 11.5 Å². The highest BCUT2D eigenvalue weighted by Gasteiger charge is 2.13. The normalized spacial score (nSPS) is 11.3. The van der Waals surface area contributed by atoms with Gasteiger partial charge in [-0.3, -0.25) is 0 Å². The van der Waals surface area contributed by atoms with Crippen molar-refractivity contribution in [1.29, 1.82) is 0 Å². The summed E-state index contributed by atoms with van der Waals surface area (Å²) in [5, 5.41) is 6.89. The van der Waals surface area contributed by atoms with Crippen LogP contribution in [-0.2, 0) is 4.74 Å². The quantitative estimate of drug-likeness (QED) is 0.486. The molecule has 0 aliphatic heterocycles. The van der Waals surface area contributed by atoms with Gasteiger partial charge in [-0.05, 0) is 68.5 Å². The Hall–Kier alpha value is -2.51. The van der Waals surface area contributed by atoms with Crippen LogP contribution in [0.1, 0.15) is 24.2 Å². The fourth-order valence-electron chi connectivity index (χ4n) is 2.29. The standard InChI is InChI=1S/C20H23ClN2O4S/c1-4-26-19(24)17-11-14(5-10-18(17)21)23-20(28)22-13(2)12-27-16-8-6-15(25-3)7-9-16/h5-11,13H,4,12H2,1-3H3,(H2,22,23,28)/t13-/m1/s1. The number of nitrogens with one attached hydrogen (secondary N) is 2. The first-order valence-corrected chi connectivity index (χ1v) is 9.52. The van der Waals surface area contributed by atoms with Crippen molar-refractivity contribution in [2.75, 3.05) is 25.6 Å². The maximum atomic E-state index is 11.9. The molecule has 0 bridgehead atoms. The number of rotatable bonds is 8. The van der Waals surface area contributed by atoms with Gasteiger partial charge < -0.3 is 24.8 Å². The van der Waals surface area contributed by atoms with Crippen LogP contribution in [0, 0.1) is 0 Å². The van der Waals surface area contributed by atoms with Gasteiger partial charge in [-0.2, -0.15) is 0 Å². The van der Waals surface area contributed by atoms with Crippen LogP contribution < -0.4 is 20.1 Å². The zero-order valence-electron chi connectivity index (χ0n) is 16.0. The van der Waals surface area contributed by atoms with Gasteiger partial charge in [-0.25, -0.2) is 4.79 Å². The number of benzene rings is 2. The van der Waals surface area contributed by atoms with E-state index in [2.05, 4.69) is 10.6 Å². The van der Waals surface area contributed by atoms with Gasteiger partial charge in [0.05, 0.1) is 30.3 Å². The predicted molar refractivity (Wildman–Crippen MR) is 115 cm³/mol. The summed E-state index contributed by atoms with van der Waals surface area (Å²) >= 11 is 11.4. The number of ether oxygens (including phenoxy) is 3. The predicted octanol–water partition coefficient (Wildman–Crippen LogP) is 4.28. The molecule has 0 amide bonds. The molecular formula is C20H23ClN2O4S. The molecule has 6 nitrogen and oxygen atoms in total. The van der Waals surface area contributed by atoms with Gasteiger partial charge in [0, 0.05) is 5.69 Å². The van der Waals surface area contributed by atoms with Gasteiger partial charge in [0.15, 0.2) is 5.11 Å². The minimum absolute atomic E-state index is 0.0427. The molecule has 2 rings (SSSR count). The Bertz CT molecular complexity index is 814. The average molecular weight is 423 g/mol. The SMILES string of the molecule is CCOC(=O)c1cc(NC(=S)N[C@H](C)COc2ccc(OC)cc2)ccc1Cl. The summed E-state index contributed by atoms with van der Waals surface area (Å²) in [6, 6.07) is 12.3. The Balaban J connectivity index is 1.87. The van der Waals surface area contributed by atoms with E-state index >= 15 is 0 Å². The lowest BCUT2D eigenvalue weighted by Crippen LogP contribution is -2.39. The van der Waals surface area contributed by atoms with E-state index < -0.39 is 5.97 Å². The van der Waals surface area contributed by atoms with Crippen molar-refractivity contribution in [2.45, 2.75) is 19.9 Å². The molecule has 0 aromatic heterocycles. The first-order chi connectivity index (χ1) is 13.4. The number of hydrogen-bond donors (Lipinski definition) is 2. The van der Waals surface area contributed by atoms with Gasteiger partial charge in [0.1, 0.15) is 18.1 Å². The van der Waals surface area contributed by atoms with Crippen LogP contribution in [0.2, 0.25) is 5.02 Å². The highest BCUT2D eigenvalue weighted by molar-refractivity contribution is 7.80. The van der Waals surface area contributed by atoms with Gasteiger partial charge in [-0.15, -0.1) is 0 Å². The third-order valence-electron chi connectivity index (χ3n) is 3.66. The first kappa shape index (κ1) is 21.8. The first-order valence-electron chi connectivity index (χ1n) is 8.74. The van der Waals surface area contributed by atoms with Gasteiger partial charge in [-0.1, -0.05) is 11.6 Å². The van der Waals surface area contributed by atoms with Crippen LogP contribution in [0.15, 0.2) is 42.5 Å². The van der Waals surface area contributed by atoms with Gasteiger partial charge in [0.25, 0.3) is 0 Å². The lowest BCUT2D eigenvalue weighted by molar-refractivity contribution is 0.0526. The Morgan fingerprint density at radius 3 is 2.50 bits per heavy atom. The summed E-state index contributed by atoms with van der Waals surface area (Å²) in [5.41, 5.74) is 0.917. The molecule has 0 aliphatic carbocycles. The van der Waals surface area contributed by atoms with E-state index in [1.54, 1.807) is 32.2 Å². The van der Waals surface area contributed by atoms with E-state index in [1.165, 1.54) is 0 Å². The molecule has 2 aromatic rings. The van der Waals surface area contributed by atoms with Crippen molar-refractivity contribution in [1.82, 2.24) is 5.32 Å². The van der Waals surface area contributed by atoms with Crippen molar-refractivity contribution in [2.24, 2.45) is 0 Å². The van der Waals surface area contributed by atoms with Crippen LogP contribution in [0.3, 0.4) is 0 Å². The lowest BCUT2D eigenvalue weighted by Gasteiger charge is -2.18. The van der Waals surface area contributed by atoms with Crippen LogP contribution >= 0.6 is 23.8 Å². The fourth-order valence-corrected chi connectivity index (χ4v) is 2.81. The lowest BCUT2D eigenvalue weighted by atomic mass is 10.2. The van der Waals surface area contributed by atoms with Crippen LogP contribution in [-0.4, -0.2) is 37.4 Å². The number of carbonyl (C=O) groups excluding carboxylic acids is 1. The number of esters is 1. The molecule has 0 saturated heterocycles. The van der Waals surface area contributed by atoms with E-state index in [1.807, 2.05) is 31.2 Å². The number of carbonyl (C=O) groups is 1. The van der Waals surface area contributed by atoms with E-state index in [9.17, 15) is 4.79 Å². The topological polar surface area (TPSA) is 68.8 Å². The maximum absolute atomic E-state index is 11.9. The monoisotopic (exact) mass is 422 g/mol. The van der Waals surface area contributed by atoms with Crippen molar-refractivity contribution in [3.63, 3.8) is 0 Å². The molecule has 2 N–H and O–H groups in total. The van der Waals surface area contributed by atoms with Crippen molar-refractivity contribution >= 4 is 40.6 Å². The third-order valence-corrected chi connectivity index (χ3v) is 4.21. The fraction of sp³-hybridized carbons (Fsp3) is 0.300. The molecule has 8 heteroatoms. The molecule has 0 unspecified atom stereocenters. The van der Waals surface area contributed by atoms with E-state index in [0.717, 1.165) is 11.5 Å². The second-order valence-corrected chi connectivity index (χ2v) is 6.72. The molecule has 150 valence electrons. The summed E-state index contributed by atoms with van der Waals surface area (Å²) < 4.78 is 15.8. The Kier molecular flexibility index (Phi) is 8.35. The highest BCUT2D eigenvalue weighted by atomic mass is 35.5. The van der Waals surface area contributed by atoms with E-state index in [4.69, 9.17) is 38.0 Å². The molecule has 2 aromatic carbocycles. The molecule has 1 atom stereocenters. The largest absolute Gasteiger partial charge is 0.497 e. The molecule has 0 radical (unpaired) electrons. The van der Waals surface area contributed by atoms with Crippen LogP contribution in [0.5, 0.6) is 11.5 Å². The van der Waals surface area contributed by atoms with Crippen molar-refractivity contribution in [3.05, 3.63) is 53.1 Å². The van der Waals surface area contributed by atoms with E-state index in [0.29, 0.717) is 22.4 Å². The molecular weight excluding hydrogens is 400 g/mol. The Morgan fingerprint density at radius 2 is 1.86 bits per heavy atom. The zero-order chi connectivity index (χ0) is 20.5. The number of anilines is 1. The van der Waals surface area contributed by atoms with Gasteiger partial charge in [0.2, 0.25) is 0 Å². The molecule has 0 fully saturated rings. The zero-order valence-corrected chi connectivity index (χ0v) is 17.5. The maximum Gasteiger partial charge on any atom is 0.339 e. The van der Waals surface area contributed by atoms with Crippen molar-refractivity contribution < 1.29 is 19.0 Å². The number of methoxy groups -OCH3 is 1. The minimum atomic E-state index is -0.476. The number of thiocarbonyl (C=S) groups is 1. The van der Waals surface area contributed by atoms with Crippen LogP contribution in [0.4, 0.5) is 5.69 Å². The Labute approximate surface area is 175 Å². The average Bonchev–Trinajstić information content (AvgIpc) is 2.68. The van der Waals surface area contributed by atoms with Gasteiger partial charge >= 0.3 is 5.97 Å². The molecule has 0 spiro atoms. The smallest absolute Gasteiger partial charge is 0.339 e. The summed E-state index contributed by atoms with van der Waals surface area (Å²) in [6.45, 7) is 4.38. The summed E-state index contributed by atoms with van der Waals surface area (Å²) in [5.74, 6) is 1.04. The summed E-state index contributed by atoms with van der Waals surface area (Å²) in [6.07, 6.45) is 0.